The Bertz CT molecular complexity index is 333. The van der Waals surface area contributed by atoms with E-state index >= 15 is 0 Å². The molecule has 0 radical (unpaired) electrons. The molecule has 1 aromatic rings. The SMILES string of the molecule is C[C@@H]1CP(c2ccccc2)C[C@H](C)C1=O. The predicted molar refractivity (Wildman–Crippen MR) is 66.1 cm³/mol. The van der Waals surface area contributed by atoms with E-state index < -0.39 is 0 Å². The van der Waals surface area contributed by atoms with Crippen LogP contribution in [0, 0.1) is 11.8 Å². The highest BCUT2D eigenvalue weighted by Crippen LogP contribution is 2.43. The first-order valence-corrected chi connectivity index (χ1v) is 7.23. The van der Waals surface area contributed by atoms with E-state index in [-0.39, 0.29) is 19.8 Å². The van der Waals surface area contributed by atoms with Crippen molar-refractivity contribution in [3.8, 4) is 0 Å². The lowest BCUT2D eigenvalue weighted by molar-refractivity contribution is -0.124. The molecule has 2 heteroatoms. The number of rotatable bonds is 1. The Labute approximate surface area is 92.6 Å². The van der Waals surface area contributed by atoms with Gasteiger partial charge in [0.25, 0.3) is 0 Å². The van der Waals surface area contributed by atoms with E-state index in [0.29, 0.717) is 5.78 Å². The predicted octanol–water partition coefficient (Wildman–Crippen LogP) is 2.65. The molecule has 0 aliphatic carbocycles. The first-order chi connectivity index (χ1) is 7.18. The average molecular weight is 220 g/mol. The third kappa shape index (κ3) is 2.29. The molecule has 1 nitrogen and oxygen atoms in total. The summed E-state index contributed by atoms with van der Waals surface area (Å²) in [6.45, 7) is 4.16. The zero-order valence-corrected chi connectivity index (χ0v) is 10.2. The van der Waals surface area contributed by atoms with Crippen molar-refractivity contribution in [1.29, 1.82) is 0 Å². The van der Waals surface area contributed by atoms with Gasteiger partial charge in [-0.15, -0.1) is 0 Å². The second kappa shape index (κ2) is 4.45. The van der Waals surface area contributed by atoms with E-state index in [1.54, 1.807) is 0 Å². The molecule has 1 fully saturated rings. The molecule has 1 heterocycles. The van der Waals surface area contributed by atoms with Gasteiger partial charge in [0.15, 0.2) is 0 Å². The number of hydrogen-bond acceptors (Lipinski definition) is 1. The van der Waals surface area contributed by atoms with E-state index in [1.165, 1.54) is 5.30 Å². The average Bonchev–Trinajstić information content (AvgIpc) is 2.26. The molecular weight excluding hydrogens is 203 g/mol. The summed E-state index contributed by atoms with van der Waals surface area (Å²) < 4.78 is 0. The monoisotopic (exact) mass is 220 g/mol. The molecule has 0 saturated carbocycles. The van der Waals surface area contributed by atoms with Crippen LogP contribution in [-0.4, -0.2) is 18.1 Å². The topological polar surface area (TPSA) is 17.1 Å². The highest BCUT2D eigenvalue weighted by atomic mass is 31.1. The summed E-state index contributed by atoms with van der Waals surface area (Å²) in [4.78, 5) is 11.7. The second-order valence-corrected chi connectivity index (χ2v) is 6.77. The molecule has 0 N–H and O–H groups in total. The van der Waals surface area contributed by atoms with Gasteiger partial charge in [0.2, 0.25) is 0 Å². The van der Waals surface area contributed by atoms with Crippen LogP contribution in [0.2, 0.25) is 0 Å². The van der Waals surface area contributed by atoms with Crippen molar-refractivity contribution >= 4 is 19.0 Å². The maximum absolute atomic E-state index is 11.7. The van der Waals surface area contributed by atoms with Crippen LogP contribution in [-0.2, 0) is 4.79 Å². The third-order valence-electron chi connectivity index (χ3n) is 3.08. The smallest absolute Gasteiger partial charge is 0.139 e. The summed E-state index contributed by atoms with van der Waals surface area (Å²) in [5.74, 6) is 0.991. The van der Waals surface area contributed by atoms with Gasteiger partial charge in [-0.25, -0.2) is 0 Å². The molecule has 2 rings (SSSR count). The maximum Gasteiger partial charge on any atom is 0.139 e. The summed E-state index contributed by atoms with van der Waals surface area (Å²) in [5.41, 5.74) is 0. The summed E-state index contributed by atoms with van der Waals surface area (Å²) in [6.07, 6.45) is 2.17. The number of hydrogen-bond donors (Lipinski definition) is 0. The zero-order valence-electron chi connectivity index (χ0n) is 9.31. The fraction of sp³-hybridized carbons (Fsp3) is 0.462. The van der Waals surface area contributed by atoms with Crippen LogP contribution in [0.3, 0.4) is 0 Å². The van der Waals surface area contributed by atoms with Gasteiger partial charge >= 0.3 is 0 Å². The van der Waals surface area contributed by atoms with E-state index in [9.17, 15) is 4.79 Å². The molecule has 0 bridgehead atoms. The van der Waals surface area contributed by atoms with Gasteiger partial charge in [0, 0.05) is 11.8 Å². The van der Waals surface area contributed by atoms with Gasteiger partial charge in [-0.1, -0.05) is 52.1 Å². The Morgan fingerprint density at radius 3 is 2.13 bits per heavy atom. The van der Waals surface area contributed by atoms with Crippen LogP contribution in [0.15, 0.2) is 30.3 Å². The molecule has 1 saturated heterocycles. The number of ketones is 1. The minimum absolute atomic E-state index is 0.0930. The Kier molecular flexibility index (Phi) is 3.21. The number of Topliss-reactive ketones (excluding diaryl/α,β-unsaturated/α-hetero) is 1. The molecule has 0 spiro atoms. The molecule has 15 heavy (non-hydrogen) atoms. The Morgan fingerprint density at radius 2 is 1.60 bits per heavy atom. The molecule has 0 aromatic heterocycles. The van der Waals surface area contributed by atoms with Crippen molar-refractivity contribution in [3.05, 3.63) is 30.3 Å². The molecule has 3 atom stereocenters. The summed E-state index contributed by atoms with van der Waals surface area (Å²) >= 11 is 0. The first kappa shape index (κ1) is 10.8. The van der Waals surface area contributed by atoms with Gasteiger partial charge in [0.1, 0.15) is 5.78 Å². The molecule has 80 valence electrons. The summed E-state index contributed by atoms with van der Waals surface area (Å²) in [7, 11) is -0.0930. The van der Waals surface area contributed by atoms with Crippen LogP contribution in [0.25, 0.3) is 0 Å². The fourth-order valence-electron chi connectivity index (χ4n) is 2.25. The summed E-state index contributed by atoms with van der Waals surface area (Å²) in [6, 6.07) is 10.7. The minimum Gasteiger partial charge on any atom is -0.299 e. The van der Waals surface area contributed by atoms with Crippen molar-refractivity contribution < 1.29 is 4.79 Å². The Morgan fingerprint density at radius 1 is 1.07 bits per heavy atom. The van der Waals surface area contributed by atoms with Gasteiger partial charge in [-0.2, -0.15) is 0 Å². The number of carbonyl (C=O) groups excluding carboxylic acids is 1. The van der Waals surface area contributed by atoms with Crippen molar-refractivity contribution in [2.24, 2.45) is 11.8 Å². The third-order valence-corrected chi connectivity index (χ3v) is 6.09. The van der Waals surface area contributed by atoms with Gasteiger partial charge < -0.3 is 0 Å². The van der Waals surface area contributed by atoms with Crippen molar-refractivity contribution in [3.63, 3.8) is 0 Å². The Hall–Kier alpha value is -0.680. The van der Waals surface area contributed by atoms with E-state index in [1.807, 2.05) is 0 Å². The molecule has 0 amide bonds. The van der Waals surface area contributed by atoms with Crippen molar-refractivity contribution in [2.75, 3.05) is 12.3 Å². The van der Waals surface area contributed by atoms with Crippen LogP contribution in [0.1, 0.15) is 13.8 Å². The fourth-order valence-corrected chi connectivity index (χ4v) is 5.10. The molecule has 1 aromatic carbocycles. The van der Waals surface area contributed by atoms with E-state index in [0.717, 1.165) is 12.3 Å². The second-order valence-electron chi connectivity index (χ2n) is 4.44. The minimum atomic E-state index is -0.0930. The molecule has 1 unspecified atom stereocenters. The van der Waals surface area contributed by atoms with E-state index in [2.05, 4.69) is 44.2 Å². The Balaban J connectivity index is 2.16. The highest BCUT2D eigenvalue weighted by Gasteiger charge is 2.31. The van der Waals surface area contributed by atoms with Crippen LogP contribution >= 0.6 is 7.92 Å². The normalized spacial score (nSPS) is 31.6. The van der Waals surface area contributed by atoms with Gasteiger partial charge in [-0.3, -0.25) is 4.79 Å². The van der Waals surface area contributed by atoms with Gasteiger partial charge in [-0.05, 0) is 17.6 Å². The van der Waals surface area contributed by atoms with Crippen molar-refractivity contribution in [1.82, 2.24) is 0 Å². The highest BCUT2D eigenvalue weighted by molar-refractivity contribution is 7.65. The zero-order chi connectivity index (χ0) is 10.8. The van der Waals surface area contributed by atoms with Crippen molar-refractivity contribution in [2.45, 2.75) is 13.8 Å². The maximum atomic E-state index is 11.7. The van der Waals surface area contributed by atoms with Gasteiger partial charge in [0.05, 0.1) is 0 Å². The number of benzene rings is 1. The summed E-state index contributed by atoms with van der Waals surface area (Å²) in [5, 5.41) is 1.46. The quantitative estimate of drug-likeness (QED) is 0.665. The molecular formula is C13H17OP. The molecule has 1 aliphatic rings. The standard InChI is InChI=1S/C13H17OP/c1-10-8-15(9-11(2)13(10)14)12-6-4-3-5-7-12/h3-7,10-11H,8-9H2,1-2H3/t10-,11+,15?. The largest absolute Gasteiger partial charge is 0.299 e. The van der Waals surface area contributed by atoms with E-state index in [4.69, 9.17) is 0 Å². The first-order valence-electron chi connectivity index (χ1n) is 5.52. The lowest BCUT2D eigenvalue weighted by Gasteiger charge is -2.30. The lowest BCUT2D eigenvalue weighted by atomic mass is 9.98. The van der Waals surface area contributed by atoms with Crippen LogP contribution in [0.4, 0.5) is 0 Å². The van der Waals surface area contributed by atoms with Crippen LogP contribution in [0.5, 0.6) is 0 Å². The number of carbonyl (C=O) groups is 1. The lowest BCUT2D eigenvalue weighted by Crippen LogP contribution is -2.31. The molecule has 1 aliphatic heterocycles. The van der Waals surface area contributed by atoms with Crippen LogP contribution < -0.4 is 5.30 Å².